The summed E-state index contributed by atoms with van der Waals surface area (Å²) in [5, 5.41) is 3.17. The molecule has 8 heteroatoms. The molecule has 2 aliphatic heterocycles. The number of aryl methyl sites for hydroxylation is 2. The van der Waals surface area contributed by atoms with Crippen LogP contribution in [0.2, 0.25) is 0 Å². The minimum atomic E-state index is -4.43. The number of halogens is 3. The largest absolute Gasteiger partial charge is 0.416 e. The third kappa shape index (κ3) is 7.41. The second kappa shape index (κ2) is 13.0. The predicted molar refractivity (Wildman–Crippen MR) is 162 cm³/mol. The van der Waals surface area contributed by atoms with Gasteiger partial charge in [-0.15, -0.1) is 0 Å². The second-order valence-electron chi connectivity index (χ2n) is 12.1. The summed E-state index contributed by atoms with van der Waals surface area (Å²) in [5.74, 6) is -0.331. The highest BCUT2D eigenvalue weighted by Crippen LogP contribution is 2.34. The van der Waals surface area contributed by atoms with Gasteiger partial charge in [0, 0.05) is 18.7 Å². The van der Waals surface area contributed by atoms with Gasteiger partial charge in [-0.25, -0.2) is 0 Å². The number of likely N-dealkylation sites (tertiary alicyclic amines) is 2. The van der Waals surface area contributed by atoms with Crippen molar-refractivity contribution < 1.29 is 18.0 Å². The van der Waals surface area contributed by atoms with Gasteiger partial charge in [-0.2, -0.15) is 13.2 Å². The van der Waals surface area contributed by atoms with E-state index in [0.717, 1.165) is 50.0 Å². The van der Waals surface area contributed by atoms with E-state index in [-0.39, 0.29) is 11.4 Å². The molecule has 0 bridgehead atoms. The fourth-order valence-electron chi connectivity index (χ4n) is 6.51. The number of carbonyl (C=O) groups excluding carboxylic acids is 1. The highest BCUT2D eigenvalue weighted by molar-refractivity contribution is 5.97. The first kappa shape index (κ1) is 31.7. The molecule has 226 valence electrons. The Bertz CT molecular complexity index is 1320. The summed E-state index contributed by atoms with van der Waals surface area (Å²) >= 11 is 0. The number of carbonyl (C=O) groups is 1. The maximum Gasteiger partial charge on any atom is 0.416 e. The van der Waals surface area contributed by atoms with Crippen LogP contribution in [0, 0.1) is 13.8 Å². The summed E-state index contributed by atoms with van der Waals surface area (Å²) in [5.41, 5.74) is 8.27. The number of amides is 1. The first-order chi connectivity index (χ1) is 19.8. The van der Waals surface area contributed by atoms with Gasteiger partial charge in [-0.05, 0) is 101 Å². The van der Waals surface area contributed by atoms with E-state index in [9.17, 15) is 18.0 Å². The van der Waals surface area contributed by atoms with Crippen LogP contribution in [0.1, 0.15) is 63.9 Å². The zero-order chi connectivity index (χ0) is 30.5. The lowest BCUT2D eigenvalue weighted by molar-refractivity contribution is -0.137. The van der Waals surface area contributed by atoms with Gasteiger partial charge in [0.05, 0.1) is 16.6 Å². The van der Waals surface area contributed by atoms with Crippen molar-refractivity contribution in [3.63, 3.8) is 0 Å². The van der Waals surface area contributed by atoms with E-state index in [4.69, 9.17) is 5.73 Å². The van der Waals surface area contributed by atoms with Crippen LogP contribution in [-0.4, -0.2) is 56.0 Å². The molecule has 2 heterocycles. The van der Waals surface area contributed by atoms with E-state index in [1.165, 1.54) is 18.5 Å². The molecule has 5 rings (SSSR count). The number of nitrogens with zero attached hydrogens (tertiary/aromatic N) is 2. The molecule has 3 N–H and O–H groups in total. The Morgan fingerprint density at radius 2 is 1.31 bits per heavy atom. The maximum absolute atomic E-state index is 13.2. The van der Waals surface area contributed by atoms with Gasteiger partial charge in [0.25, 0.3) is 5.91 Å². The van der Waals surface area contributed by atoms with E-state index in [1.54, 1.807) is 13.8 Å². The normalized spacial score (nSPS) is 23.5. The van der Waals surface area contributed by atoms with Gasteiger partial charge in [-0.3, -0.25) is 4.79 Å². The predicted octanol–water partition coefficient (Wildman–Crippen LogP) is 6.24. The van der Waals surface area contributed by atoms with Crippen molar-refractivity contribution in [3.05, 3.63) is 106 Å². The van der Waals surface area contributed by atoms with Crippen molar-refractivity contribution in [3.8, 4) is 0 Å². The van der Waals surface area contributed by atoms with Crippen LogP contribution in [0.3, 0.4) is 0 Å². The van der Waals surface area contributed by atoms with Crippen molar-refractivity contribution in [1.82, 2.24) is 15.1 Å². The third-order valence-corrected chi connectivity index (χ3v) is 8.51. The minimum Gasteiger partial charge on any atom is -0.341 e. The molecule has 0 saturated carbocycles. The number of hydrogen-bond donors (Lipinski definition) is 2. The van der Waals surface area contributed by atoms with Crippen LogP contribution in [0.15, 0.2) is 72.8 Å². The number of likely N-dealkylation sites (N-methyl/N-ethyl adjacent to an activating group) is 2. The Balaban J connectivity index is 0.000000241. The maximum atomic E-state index is 13.2. The highest BCUT2D eigenvalue weighted by atomic mass is 19.4. The van der Waals surface area contributed by atoms with E-state index in [1.807, 2.05) is 43.4 Å². The molecule has 0 radical (unpaired) electrons. The van der Waals surface area contributed by atoms with Crippen molar-refractivity contribution in [1.29, 1.82) is 0 Å². The summed E-state index contributed by atoms with van der Waals surface area (Å²) in [6, 6.07) is 22.3. The molecule has 0 spiro atoms. The molecule has 3 aromatic rings. The number of hydrogen-bond acceptors (Lipinski definition) is 4. The fourth-order valence-corrected chi connectivity index (χ4v) is 6.51. The van der Waals surface area contributed by atoms with Crippen LogP contribution in [-0.2, 0) is 17.3 Å². The van der Waals surface area contributed by atoms with Crippen LogP contribution in [0.25, 0.3) is 0 Å². The lowest BCUT2D eigenvalue weighted by Gasteiger charge is -2.42. The Hall–Kier alpha value is -3.20. The molecule has 3 aromatic carbocycles. The van der Waals surface area contributed by atoms with Gasteiger partial charge in [0.2, 0.25) is 0 Å². The van der Waals surface area contributed by atoms with Gasteiger partial charge >= 0.3 is 6.18 Å². The summed E-state index contributed by atoms with van der Waals surface area (Å²) < 4.78 is 39.2. The molecular weight excluding hydrogens is 537 g/mol. The summed E-state index contributed by atoms with van der Waals surface area (Å²) in [4.78, 5) is 17.7. The van der Waals surface area contributed by atoms with E-state index < -0.39 is 17.3 Å². The van der Waals surface area contributed by atoms with Crippen molar-refractivity contribution in [2.45, 2.75) is 56.8 Å². The van der Waals surface area contributed by atoms with Crippen molar-refractivity contribution in [2.24, 2.45) is 5.73 Å². The average molecular weight is 581 g/mol. The molecule has 2 atom stereocenters. The Morgan fingerprint density at radius 1 is 0.810 bits per heavy atom. The van der Waals surface area contributed by atoms with E-state index in [2.05, 4.69) is 46.4 Å². The highest BCUT2D eigenvalue weighted by Gasteiger charge is 2.39. The van der Waals surface area contributed by atoms with Crippen LogP contribution >= 0.6 is 0 Å². The molecule has 5 nitrogen and oxygen atoms in total. The first-order valence-electron chi connectivity index (χ1n) is 14.6. The van der Waals surface area contributed by atoms with Gasteiger partial charge in [-0.1, -0.05) is 60.7 Å². The molecule has 2 saturated heterocycles. The Morgan fingerprint density at radius 3 is 1.81 bits per heavy atom. The quantitative estimate of drug-likeness (QED) is 0.384. The number of nitrogens with two attached hydrogens (primary N) is 1. The topological polar surface area (TPSA) is 61.6 Å². The number of benzene rings is 3. The van der Waals surface area contributed by atoms with Crippen molar-refractivity contribution in [2.75, 3.05) is 40.3 Å². The van der Waals surface area contributed by atoms with Gasteiger partial charge in [0.15, 0.2) is 0 Å². The fraction of sp³-hybridized carbons (Fsp3) is 0.441. The Kier molecular flexibility index (Phi) is 9.81. The van der Waals surface area contributed by atoms with E-state index in [0.29, 0.717) is 23.2 Å². The molecule has 0 aromatic heterocycles. The molecule has 2 fully saturated rings. The summed E-state index contributed by atoms with van der Waals surface area (Å²) in [6.45, 7) is 6.85. The summed E-state index contributed by atoms with van der Waals surface area (Å²) in [7, 11) is 4.15. The lowest BCUT2D eigenvalue weighted by Crippen LogP contribution is -2.55. The standard InChI is InChI=1S/C22H25F3N2O.C12H18N2/c1-15-12-18(22(23,24)25)13-16(2)19(15)20(28)26-21(10-7-11-27(3)14-21)17-8-5-4-6-9-17;1-14-9-5-8-12(13,10-14)11-6-3-2-4-7-11/h4-6,8-9,12-13H,7,10-11,14H2,1-3H3,(H,26,28);2-4,6-7H,5,8-10,13H2,1H3. The molecular formula is C34H43F3N4O. The summed E-state index contributed by atoms with van der Waals surface area (Å²) in [6.07, 6.45) is -0.423. The minimum absolute atomic E-state index is 0.131. The molecule has 0 aliphatic carbocycles. The zero-order valence-electron chi connectivity index (χ0n) is 25.1. The molecule has 1 amide bonds. The number of piperidine rings is 2. The number of alkyl halides is 3. The smallest absolute Gasteiger partial charge is 0.341 e. The first-order valence-corrected chi connectivity index (χ1v) is 14.6. The average Bonchev–Trinajstić information content (AvgIpc) is 2.93. The lowest BCUT2D eigenvalue weighted by atomic mass is 9.81. The molecule has 42 heavy (non-hydrogen) atoms. The number of nitrogens with one attached hydrogen (secondary N) is 1. The van der Waals surface area contributed by atoms with E-state index >= 15 is 0 Å². The van der Waals surface area contributed by atoms with Gasteiger partial charge < -0.3 is 20.9 Å². The van der Waals surface area contributed by atoms with Crippen LogP contribution in [0.5, 0.6) is 0 Å². The third-order valence-electron chi connectivity index (χ3n) is 8.51. The molecule has 2 aliphatic rings. The SMILES string of the molecule is CN1CCCC(N)(c2ccccc2)C1.Cc1cc(C(F)(F)F)cc(C)c1C(=O)NC1(c2ccccc2)CCCN(C)C1. The Labute approximate surface area is 247 Å². The van der Waals surface area contributed by atoms with Crippen LogP contribution in [0.4, 0.5) is 13.2 Å². The van der Waals surface area contributed by atoms with Crippen LogP contribution < -0.4 is 11.1 Å². The zero-order valence-corrected chi connectivity index (χ0v) is 25.1. The molecule has 2 unspecified atom stereocenters. The van der Waals surface area contributed by atoms with Crippen molar-refractivity contribution >= 4 is 5.91 Å². The monoisotopic (exact) mass is 580 g/mol. The van der Waals surface area contributed by atoms with Gasteiger partial charge in [0.1, 0.15) is 0 Å². The number of rotatable bonds is 4. The second-order valence-corrected chi connectivity index (χ2v) is 12.1.